The first-order chi connectivity index (χ1) is 9.72. The Hall–Kier alpha value is -1.52. The molecule has 1 aliphatic heterocycles. The number of hydrogen-bond acceptors (Lipinski definition) is 4. The molecule has 20 heavy (non-hydrogen) atoms. The summed E-state index contributed by atoms with van der Waals surface area (Å²) in [5, 5.41) is 0.744. The van der Waals surface area contributed by atoms with Gasteiger partial charge in [-0.25, -0.2) is 0 Å². The van der Waals surface area contributed by atoms with Crippen molar-refractivity contribution in [1.29, 1.82) is 0 Å². The van der Waals surface area contributed by atoms with Gasteiger partial charge in [0.25, 0.3) is 0 Å². The Kier molecular flexibility index (Phi) is 3.94. The molecule has 0 fully saturated rings. The van der Waals surface area contributed by atoms with Crippen LogP contribution in [0, 0.1) is 0 Å². The molecule has 0 saturated heterocycles. The van der Waals surface area contributed by atoms with Gasteiger partial charge in [-0.05, 0) is 35.9 Å². The normalized spacial score (nSPS) is 13.2. The Balaban J connectivity index is 1.75. The standard InChI is InChI=1S/C15H14ClNO2S/c16-11-1-3-12(4-2-11)20-9-10-7-14-15(8-13(10)17)19-6-5-18-14/h1-4,7-8H,5-6,9,17H2. The lowest BCUT2D eigenvalue weighted by Crippen LogP contribution is -2.15. The maximum absolute atomic E-state index is 6.06. The Morgan fingerprint density at radius 3 is 2.40 bits per heavy atom. The van der Waals surface area contributed by atoms with E-state index in [1.807, 2.05) is 36.4 Å². The molecule has 0 radical (unpaired) electrons. The zero-order valence-electron chi connectivity index (χ0n) is 10.8. The first-order valence-corrected chi connectivity index (χ1v) is 7.65. The quantitative estimate of drug-likeness (QED) is 0.688. The van der Waals surface area contributed by atoms with Crippen molar-refractivity contribution in [3.63, 3.8) is 0 Å². The van der Waals surface area contributed by atoms with Crippen LogP contribution < -0.4 is 15.2 Å². The van der Waals surface area contributed by atoms with Crippen molar-refractivity contribution in [3.8, 4) is 11.5 Å². The summed E-state index contributed by atoms with van der Waals surface area (Å²) in [6.45, 7) is 1.16. The van der Waals surface area contributed by atoms with Gasteiger partial charge in [0.1, 0.15) is 13.2 Å². The van der Waals surface area contributed by atoms with Gasteiger partial charge in [-0.1, -0.05) is 11.6 Å². The molecule has 0 amide bonds. The molecule has 0 atom stereocenters. The second-order valence-electron chi connectivity index (χ2n) is 4.44. The third-order valence-electron chi connectivity index (χ3n) is 3.01. The lowest BCUT2D eigenvalue weighted by molar-refractivity contribution is 0.171. The summed E-state index contributed by atoms with van der Waals surface area (Å²) in [4.78, 5) is 1.16. The highest BCUT2D eigenvalue weighted by molar-refractivity contribution is 7.98. The largest absolute Gasteiger partial charge is 0.486 e. The third kappa shape index (κ3) is 2.97. The molecule has 0 saturated carbocycles. The Morgan fingerprint density at radius 1 is 1.05 bits per heavy atom. The van der Waals surface area contributed by atoms with E-state index in [9.17, 15) is 0 Å². The van der Waals surface area contributed by atoms with Gasteiger partial charge in [-0.2, -0.15) is 0 Å². The molecular weight excluding hydrogens is 294 g/mol. The first kappa shape index (κ1) is 13.5. The van der Waals surface area contributed by atoms with Crippen LogP contribution in [0.3, 0.4) is 0 Å². The molecule has 0 bridgehead atoms. The molecule has 1 heterocycles. The van der Waals surface area contributed by atoms with Crippen LogP contribution in [0.15, 0.2) is 41.3 Å². The molecule has 5 heteroatoms. The van der Waals surface area contributed by atoms with Crippen LogP contribution in [0.2, 0.25) is 5.02 Å². The highest BCUT2D eigenvalue weighted by Gasteiger charge is 2.14. The summed E-state index contributed by atoms with van der Waals surface area (Å²) in [6.07, 6.45) is 0. The predicted molar refractivity (Wildman–Crippen MR) is 82.9 cm³/mol. The number of benzene rings is 2. The van der Waals surface area contributed by atoms with Crippen molar-refractivity contribution < 1.29 is 9.47 Å². The molecule has 1 aliphatic rings. The highest BCUT2D eigenvalue weighted by Crippen LogP contribution is 2.36. The number of rotatable bonds is 3. The number of anilines is 1. The van der Waals surface area contributed by atoms with Crippen LogP contribution in [-0.4, -0.2) is 13.2 Å². The number of fused-ring (bicyclic) bond motifs is 1. The summed E-state index contributed by atoms with van der Waals surface area (Å²) < 4.78 is 11.1. The van der Waals surface area contributed by atoms with Crippen LogP contribution in [0.25, 0.3) is 0 Å². The number of ether oxygens (including phenoxy) is 2. The topological polar surface area (TPSA) is 44.5 Å². The summed E-state index contributed by atoms with van der Waals surface area (Å²) >= 11 is 7.59. The molecule has 104 valence electrons. The highest BCUT2D eigenvalue weighted by atomic mass is 35.5. The van der Waals surface area contributed by atoms with Crippen LogP contribution in [0.5, 0.6) is 11.5 Å². The maximum atomic E-state index is 6.06. The molecule has 2 N–H and O–H groups in total. The summed E-state index contributed by atoms with van der Waals surface area (Å²) in [6, 6.07) is 11.6. The van der Waals surface area contributed by atoms with Crippen LogP contribution in [-0.2, 0) is 5.75 Å². The van der Waals surface area contributed by atoms with E-state index in [4.69, 9.17) is 26.8 Å². The van der Waals surface area contributed by atoms with Gasteiger partial charge in [0.05, 0.1) is 0 Å². The minimum atomic E-state index is 0.575. The third-order valence-corrected chi connectivity index (χ3v) is 4.32. The SMILES string of the molecule is Nc1cc2c(cc1CSc1ccc(Cl)cc1)OCCO2. The monoisotopic (exact) mass is 307 g/mol. The minimum Gasteiger partial charge on any atom is -0.486 e. The van der Waals surface area contributed by atoms with Crippen LogP contribution in [0.4, 0.5) is 5.69 Å². The lowest BCUT2D eigenvalue weighted by Gasteiger charge is -2.20. The molecule has 0 spiro atoms. The van der Waals surface area contributed by atoms with E-state index < -0.39 is 0 Å². The van der Waals surface area contributed by atoms with E-state index in [0.29, 0.717) is 13.2 Å². The number of thioether (sulfide) groups is 1. The number of nitrogen functional groups attached to an aromatic ring is 1. The van der Waals surface area contributed by atoms with E-state index in [0.717, 1.165) is 38.4 Å². The Bertz CT molecular complexity index is 616. The van der Waals surface area contributed by atoms with Crippen molar-refractivity contribution >= 4 is 29.1 Å². The van der Waals surface area contributed by atoms with Crippen molar-refractivity contribution in [2.24, 2.45) is 0 Å². The van der Waals surface area contributed by atoms with E-state index in [2.05, 4.69) is 0 Å². The zero-order valence-corrected chi connectivity index (χ0v) is 12.3. The minimum absolute atomic E-state index is 0.575. The van der Waals surface area contributed by atoms with Gasteiger partial charge in [0.15, 0.2) is 11.5 Å². The fraction of sp³-hybridized carbons (Fsp3) is 0.200. The van der Waals surface area contributed by atoms with Gasteiger partial charge in [-0.3, -0.25) is 0 Å². The van der Waals surface area contributed by atoms with E-state index in [-0.39, 0.29) is 0 Å². The van der Waals surface area contributed by atoms with E-state index in [1.165, 1.54) is 0 Å². The summed E-state index contributed by atoms with van der Waals surface area (Å²) in [5.74, 6) is 2.29. The molecular formula is C15H14ClNO2S. The van der Waals surface area contributed by atoms with Gasteiger partial charge in [-0.15, -0.1) is 11.8 Å². The van der Waals surface area contributed by atoms with Gasteiger partial charge < -0.3 is 15.2 Å². The Morgan fingerprint density at radius 2 is 1.70 bits per heavy atom. The summed E-state index contributed by atoms with van der Waals surface area (Å²) in [7, 11) is 0. The molecule has 0 aromatic heterocycles. The molecule has 3 rings (SSSR count). The molecule has 3 nitrogen and oxygen atoms in total. The zero-order chi connectivity index (χ0) is 13.9. The molecule has 2 aromatic carbocycles. The average Bonchev–Trinajstić information content (AvgIpc) is 2.47. The number of halogens is 1. The smallest absolute Gasteiger partial charge is 0.163 e. The second-order valence-corrected chi connectivity index (χ2v) is 5.92. The Labute approximate surface area is 127 Å². The predicted octanol–water partition coefficient (Wildman–Crippen LogP) is 3.99. The fourth-order valence-electron chi connectivity index (χ4n) is 1.96. The van der Waals surface area contributed by atoms with Crippen LogP contribution >= 0.6 is 23.4 Å². The van der Waals surface area contributed by atoms with Gasteiger partial charge in [0, 0.05) is 27.4 Å². The van der Waals surface area contributed by atoms with E-state index >= 15 is 0 Å². The summed E-state index contributed by atoms with van der Waals surface area (Å²) in [5.41, 5.74) is 7.85. The molecule has 0 aliphatic carbocycles. The van der Waals surface area contributed by atoms with Gasteiger partial charge >= 0.3 is 0 Å². The van der Waals surface area contributed by atoms with E-state index in [1.54, 1.807) is 11.8 Å². The molecule has 2 aromatic rings. The van der Waals surface area contributed by atoms with Crippen molar-refractivity contribution in [3.05, 3.63) is 47.0 Å². The van der Waals surface area contributed by atoms with Gasteiger partial charge in [0.2, 0.25) is 0 Å². The van der Waals surface area contributed by atoms with Crippen molar-refractivity contribution in [2.45, 2.75) is 10.6 Å². The average molecular weight is 308 g/mol. The fourth-order valence-corrected chi connectivity index (χ4v) is 2.99. The second kappa shape index (κ2) is 5.85. The van der Waals surface area contributed by atoms with Crippen molar-refractivity contribution in [2.75, 3.05) is 18.9 Å². The van der Waals surface area contributed by atoms with Crippen LogP contribution in [0.1, 0.15) is 5.56 Å². The number of nitrogens with two attached hydrogens (primary N) is 1. The molecule has 0 unspecified atom stereocenters. The van der Waals surface area contributed by atoms with Crippen molar-refractivity contribution in [1.82, 2.24) is 0 Å². The first-order valence-electron chi connectivity index (χ1n) is 6.29. The number of hydrogen-bond donors (Lipinski definition) is 1. The maximum Gasteiger partial charge on any atom is 0.163 e. The lowest BCUT2D eigenvalue weighted by atomic mass is 10.2.